The van der Waals surface area contributed by atoms with E-state index in [0.717, 1.165) is 47.3 Å². The second-order valence-corrected chi connectivity index (χ2v) is 10.6. The number of aryl methyl sites for hydroxylation is 2. The zero-order valence-corrected chi connectivity index (χ0v) is 23.1. The van der Waals surface area contributed by atoms with Crippen LogP contribution in [0.15, 0.2) is 53.3 Å². The van der Waals surface area contributed by atoms with Gasteiger partial charge in [0.2, 0.25) is 0 Å². The Labute approximate surface area is 236 Å². The summed E-state index contributed by atoms with van der Waals surface area (Å²) in [6, 6.07) is 16.4. The molecule has 3 aromatic rings. The van der Waals surface area contributed by atoms with Crippen LogP contribution in [0.25, 0.3) is 17.7 Å². The Morgan fingerprint density at radius 2 is 1.80 bits per heavy atom. The average Bonchev–Trinajstić information content (AvgIpc) is 3.12. The Balaban J connectivity index is 1.68. The van der Waals surface area contributed by atoms with E-state index in [1.807, 2.05) is 12.1 Å². The first-order valence-corrected chi connectivity index (χ1v) is 14.1. The molecule has 1 aliphatic heterocycles. The Kier molecular flexibility index (Phi) is 9.35. The molecule has 40 heavy (non-hydrogen) atoms. The number of hydrogen-bond donors (Lipinski definition) is 2. The highest BCUT2D eigenvalue weighted by Gasteiger charge is 2.20. The lowest BCUT2D eigenvalue weighted by Crippen LogP contribution is -2.35. The van der Waals surface area contributed by atoms with Crippen LogP contribution in [-0.2, 0) is 29.0 Å². The van der Waals surface area contributed by atoms with Crippen LogP contribution in [-0.4, -0.2) is 33.3 Å². The van der Waals surface area contributed by atoms with Gasteiger partial charge in [-0.05, 0) is 60.2 Å². The molecule has 2 aromatic carbocycles. The van der Waals surface area contributed by atoms with Gasteiger partial charge in [-0.2, -0.15) is 5.26 Å². The lowest BCUT2D eigenvalue weighted by molar-refractivity contribution is -0.138. The van der Waals surface area contributed by atoms with Crippen molar-refractivity contribution in [1.29, 1.82) is 5.26 Å². The molecule has 4 rings (SSSR count). The van der Waals surface area contributed by atoms with Crippen molar-refractivity contribution < 1.29 is 19.8 Å². The number of allylic oxidation sites excluding steroid dienone is 1. The van der Waals surface area contributed by atoms with Gasteiger partial charge in [0.05, 0.1) is 4.53 Å². The molecule has 0 fully saturated rings. The molecular formula is C31H31N3O5S. The number of aliphatic carboxylic acids is 2. The maximum absolute atomic E-state index is 12.8. The van der Waals surface area contributed by atoms with E-state index in [-0.39, 0.29) is 9.20 Å². The molecule has 206 valence electrons. The molecule has 0 spiro atoms. The van der Waals surface area contributed by atoms with Crippen LogP contribution in [0.2, 0.25) is 0 Å². The summed E-state index contributed by atoms with van der Waals surface area (Å²) in [7, 11) is 0. The molecule has 1 aromatic heterocycles. The second-order valence-electron chi connectivity index (χ2n) is 9.60. The van der Waals surface area contributed by atoms with E-state index in [0.29, 0.717) is 0 Å². The monoisotopic (exact) mass is 557 g/mol. The number of carboxylic acids is 2. The maximum Gasteiger partial charge on any atom is 0.349 e. The van der Waals surface area contributed by atoms with Crippen molar-refractivity contribution in [1.82, 2.24) is 4.57 Å². The van der Waals surface area contributed by atoms with Gasteiger partial charge in [-0.25, -0.2) is 4.79 Å². The van der Waals surface area contributed by atoms with Gasteiger partial charge < -0.3 is 15.1 Å². The zero-order chi connectivity index (χ0) is 28.6. The third-order valence-electron chi connectivity index (χ3n) is 6.85. The minimum absolute atomic E-state index is 0.143. The molecule has 0 amide bonds. The zero-order valence-electron chi connectivity index (χ0n) is 22.3. The molecule has 0 atom stereocenters. The highest BCUT2D eigenvalue weighted by molar-refractivity contribution is 7.07. The first kappa shape index (κ1) is 28.6. The van der Waals surface area contributed by atoms with Crippen LogP contribution in [0.5, 0.6) is 0 Å². The van der Waals surface area contributed by atoms with Gasteiger partial charge in [-0.15, -0.1) is 11.3 Å². The van der Waals surface area contributed by atoms with Crippen LogP contribution in [0.3, 0.4) is 0 Å². The average molecular weight is 558 g/mol. The number of unbranched alkanes of at least 4 members (excludes halogenated alkanes) is 3. The Bertz CT molecular complexity index is 1680. The quantitative estimate of drug-likeness (QED) is 0.360. The summed E-state index contributed by atoms with van der Waals surface area (Å²) >= 11 is 0.787. The fraction of sp³-hybridized carbons (Fsp3) is 0.290. The van der Waals surface area contributed by atoms with Crippen LogP contribution in [0.4, 0.5) is 11.4 Å². The van der Waals surface area contributed by atoms with Gasteiger partial charge in [0.15, 0.2) is 5.57 Å². The number of hydrogen-bond acceptors (Lipinski definition) is 6. The summed E-state index contributed by atoms with van der Waals surface area (Å²) in [4.78, 5) is 38.0. The van der Waals surface area contributed by atoms with Crippen LogP contribution >= 0.6 is 11.3 Å². The van der Waals surface area contributed by atoms with Gasteiger partial charge in [-0.1, -0.05) is 62.6 Å². The molecule has 0 radical (unpaired) electrons. The summed E-state index contributed by atoms with van der Waals surface area (Å²) in [5.41, 5.74) is 4.67. The van der Waals surface area contributed by atoms with Gasteiger partial charge in [0.1, 0.15) is 17.3 Å². The summed E-state index contributed by atoms with van der Waals surface area (Å²) in [6.45, 7) is 2.43. The second kappa shape index (κ2) is 13.1. The molecule has 2 N–H and O–H groups in total. The predicted octanol–water partition coefficient (Wildman–Crippen LogP) is 4.06. The van der Waals surface area contributed by atoms with Crippen LogP contribution < -0.4 is 19.7 Å². The molecule has 9 heteroatoms. The molecule has 1 aliphatic rings. The van der Waals surface area contributed by atoms with E-state index in [4.69, 9.17) is 0 Å². The molecule has 0 bridgehead atoms. The number of nitrogens with zero attached hydrogens (tertiary/aromatic N) is 3. The normalized spacial score (nSPS) is 13.9. The topological polar surface area (TPSA) is 124 Å². The first-order chi connectivity index (χ1) is 19.3. The number of carbonyl (C=O) groups is 2. The highest BCUT2D eigenvalue weighted by atomic mass is 32.1. The molecule has 0 saturated heterocycles. The number of rotatable bonds is 10. The van der Waals surface area contributed by atoms with Crippen molar-refractivity contribution in [3.63, 3.8) is 0 Å². The van der Waals surface area contributed by atoms with E-state index < -0.39 is 29.6 Å². The summed E-state index contributed by atoms with van der Waals surface area (Å²) < 4.78 is 0.768. The summed E-state index contributed by atoms with van der Waals surface area (Å²) in [5, 5.41) is 27.8. The fourth-order valence-electron chi connectivity index (χ4n) is 4.93. The van der Waals surface area contributed by atoms with Crippen molar-refractivity contribution in [3.05, 3.63) is 84.8 Å². The number of anilines is 2. The molecule has 2 heterocycles. The Hall–Kier alpha value is -4.42. The van der Waals surface area contributed by atoms with E-state index in [1.54, 1.807) is 12.1 Å². The van der Waals surface area contributed by atoms with Gasteiger partial charge in [0.25, 0.3) is 5.56 Å². The third-order valence-corrected chi connectivity index (χ3v) is 8.00. The van der Waals surface area contributed by atoms with Crippen LogP contribution in [0, 0.1) is 11.3 Å². The van der Waals surface area contributed by atoms with Crippen molar-refractivity contribution in [2.45, 2.75) is 52.0 Å². The van der Waals surface area contributed by atoms with Gasteiger partial charge in [-0.3, -0.25) is 14.2 Å². The van der Waals surface area contributed by atoms with Crippen molar-refractivity contribution >= 4 is 52.4 Å². The molecule has 0 aliphatic carbocycles. The molecule has 0 saturated carbocycles. The SMILES string of the molecule is CCCCCCN1c2ccccc2CCc2cc(/C=C/C=c3\s/c(=C(\C#N)C(=O)O)n(CC(=O)O)c3=O)ccc21. The Morgan fingerprint density at radius 1 is 1.05 bits per heavy atom. The predicted molar refractivity (Wildman–Crippen MR) is 157 cm³/mol. The lowest BCUT2D eigenvalue weighted by atomic mass is 10.0. The largest absolute Gasteiger partial charge is 0.480 e. The van der Waals surface area contributed by atoms with Crippen molar-refractivity contribution in [3.8, 4) is 6.07 Å². The van der Waals surface area contributed by atoms with Crippen LogP contribution in [0.1, 0.15) is 49.3 Å². The summed E-state index contributed by atoms with van der Waals surface area (Å²) in [6.07, 6.45) is 11.6. The smallest absolute Gasteiger partial charge is 0.349 e. The lowest BCUT2D eigenvalue weighted by Gasteiger charge is -2.27. The van der Waals surface area contributed by atoms with Crippen molar-refractivity contribution in [2.75, 3.05) is 11.4 Å². The molecule has 0 unspecified atom stereocenters. The number of para-hydroxylation sites is 1. The van der Waals surface area contributed by atoms with E-state index >= 15 is 0 Å². The number of carboxylic acid groups (broad SMARTS) is 2. The minimum atomic E-state index is -1.52. The number of benzene rings is 2. The standard InChI is InChI=1S/C31H31N3O5S/c1-2-3-4-7-17-33-25-11-6-5-10-22(25)14-15-23-18-21(13-16-26(23)33)9-8-12-27-29(37)34(20-28(35)36)30(40-27)24(19-32)31(38)39/h5-6,8-13,16,18H,2-4,7,14-15,17,20H2,1H3,(H,35,36)(H,38,39)/b9-8+,27-12-,30-24+. The minimum Gasteiger partial charge on any atom is -0.480 e. The van der Waals surface area contributed by atoms with Crippen molar-refractivity contribution in [2.24, 2.45) is 0 Å². The fourth-order valence-corrected chi connectivity index (χ4v) is 5.97. The van der Waals surface area contributed by atoms with E-state index in [1.165, 1.54) is 47.8 Å². The molecular weight excluding hydrogens is 526 g/mol. The number of fused-ring (bicyclic) bond motifs is 2. The van der Waals surface area contributed by atoms with Gasteiger partial charge >= 0.3 is 11.9 Å². The maximum atomic E-state index is 12.8. The van der Waals surface area contributed by atoms with Gasteiger partial charge in [0, 0.05) is 17.9 Å². The molecule has 8 nitrogen and oxygen atoms in total. The third kappa shape index (κ3) is 6.41. The number of nitriles is 1. The number of thiazole rings is 1. The first-order valence-electron chi connectivity index (χ1n) is 13.3. The summed E-state index contributed by atoms with van der Waals surface area (Å²) in [5.74, 6) is -2.83. The highest BCUT2D eigenvalue weighted by Crippen LogP contribution is 2.36. The number of aromatic nitrogens is 1. The Morgan fingerprint density at radius 3 is 2.52 bits per heavy atom. The van der Waals surface area contributed by atoms with E-state index in [2.05, 4.69) is 48.2 Å². The van der Waals surface area contributed by atoms with E-state index in [9.17, 15) is 29.9 Å².